The third-order valence-electron chi connectivity index (χ3n) is 3.50. The largest absolute Gasteiger partial charge is 0.396 e. The van der Waals surface area contributed by atoms with Crippen LogP contribution in [0.2, 0.25) is 0 Å². The van der Waals surface area contributed by atoms with E-state index in [-0.39, 0.29) is 12.5 Å². The molecule has 1 N–H and O–H groups in total. The Balaban J connectivity index is 2.46. The number of allylic oxidation sites excluding steroid dienone is 1. The first kappa shape index (κ1) is 16.2. The van der Waals surface area contributed by atoms with Gasteiger partial charge in [0.25, 0.3) is 0 Å². The average molecular weight is 298 g/mol. The molecule has 0 aliphatic heterocycles. The minimum atomic E-state index is -0.00828. The number of nitrogens with zero attached hydrogens (tertiary/aromatic N) is 4. The molecular weight excluding hydrogens is 276 g/mol. The van der Waals surface area contributed by atoms with Gasteiger partial charge in [-0.1, -0.05) is 13.0 Å². The van der Waals surface area contributed by atoms with E-state index >= 15 is 0 Å². The number of aromatic nitrogens is 4. The van der Waals surface area contributed by atoms with Crippen molar-refractivity contribution in [3.63, 3.8) is 0 Å². The summed E-state index contributed by atoms with van der Waals surface area (Å²) < 4.78 is 0. The van der Waals surface area contributed by atoms with Crippen molar-refractivity contribution in [2.45, 2.75) is 39.0 Å². The lowest BCUT2D eigenvalue weighted by atomic mass is 9.92. The van der Waals surface area contributed by atoms with E-state index in [0.29, 0.717) is 6.42 Å². The molecule has 0 aliphatic carbocycles. The number of rotatable bonds is 7. The molecule has 0 fully saturated rings. The van der Waals surface area contributed by atoms with E-state index < -0.39 is 0 Å². The maximum Gasteiger partial charge on any atom is 0.0848 e. The summed E-state index contributed by atoms with van der Waals surface area (Å²) in [4.78, 5) is 17.8. The third kappa shape index (κ3) is 3.95. The molecule has 1 unspecified atom stereocenters. The number of aryl methyl sites for hydroxylation is 1. The summed E-state index contributed by atoms with van der Waals surface area (Å²) in [5, 5.41) is 9.20. The zero-order chi connectivity index (χ0) is 15.8. The van der Waals surface area contributed by atoms with Crippen molar-refractivity contribution in [2.75, 3.05) is 6.61 Å². The molecule has 116 valence electrons. The fourth-order valence-electron chi connectivity index (χ4n) is 2.44. The molecule has 0 bridgehead atoms. The molecule has 22 heavy (non-hydrogen) atoms. The fraction of sp³-hybridized carbons (Fsp3) is 0.412. The van der Waals surface area contributed by atoms with Crippen LogP contribution in [0.25, 0.3) is 6.08 Å². The standard InChI is InChI=1S/C17H22N4O/c1-3-4-7-15-17(21-11-9-19-15)14(6-5-12-22)16-13(2)18-8-10-20-16/h4,7-11,14,22H,3,5-6,12H2,1-2H3. The van der Waals surface area contributed by atoms with Crippen LogP contribution in [0.1, 0.15) is 54.9 Å². The highest BCUT2D eigenvalue weighted by atomic mass is 16.2. The summed E-state index contributed by atoms with van der Waals surface area (Å²) in [5.41, 5.74) is 3.55. The minimum Gasteiger partial charge on any atom is -0.396 e. The highest BCUT2D eigenvalue weighted by Crippen LogP contribution is 2.29. The van der Waals surface area contributed by atoms with Gasteiger partial charge >= 0.3 is 0 Å². The van der Waals surface area contributed by atoms with Gasteiger partial charge in [0, 0.05) is 37.3 Å². The van der Waals surface area contributed by atoms with Gasteiger partial charge in [-0.15, -0.1) is 0 Å². The van der Waals surface area contributed by atoms with E-state index in [2.05, 4.69) is 32.9 Å². The molecule has 0 saturated carbocycles. The monoisotopic (exact) mass is 298 g/mol. The molecule has 2 aromatic heterocycles. The number of hydrogen-bond acceptors (Lipinski definition) is 5. The molecule has 0 aromatic carbocycles. The quantitative estimate of drug-likeness (QED) is 0.851. The van der Waals surface area contributed by atoms with Crippen LogP contribution in [0.15, 0.2) is 30.9 Å². The van der Waals surface area contributed by atoms with Gasteiger partial charge in [0.1, 0.15) is 0 Å². The Kier molecular flexibility index (Phi) is 6.15. The molecule has 0 radical (unpaired) electrons. The third-order valence-corrected chi connectivity index (χ3v) is 3.50. The van der Waals surface area contributed by atoms with E-state index in [1.807, 2.05) is 13.0 Å². The SMILES string of the molecule is CCC=Cc1nccnc1C(CCCO)c1nccnc1C. The summed E-state index contributed by atoms with van der Waals surface area (Å²) in [5.74, 6) is -0.00828. The zero-order valence-corrected chi connectivity index (χ0v) is 13.1. The van der Waals surface area contributed by atoms with E-state index in [1.165, 1.54) is 0 Å². The summed E-state index contributed by atoms with van der Waals surface area (Å²) in [6.07, 6.45) is 13.3. The van der Waals surface area contributed by atoms with Gasteiger partial charge in [0.05, 0.1) is 22.8 Å². The predicted octanol–water partition coefficient (Wildman–Crippen LogP) is 2.90. The topological polar surface area (TPSA) is 71.8 Å². The Labute approximate surface area is 131 Å². The van der Waals surface area contributed by atoms with Crippen molar-refractivity contribution in [3.05, 3.63) is 53.6 Å². The number of hydrogen-bond donors (Lipinski definition) is 1. The Morgan fingerprint density at radius 1 is 1.05 bits per heavy atom. The summed E-state index contributed by atoms with van der Waals surface area (Å²) in [7, 11) is 0. The van der Waals surface area contributed by atoms with Crippen LogP contribution in [0.4, 0.5) is 0 Å². The molecule has 1 atom stereocenters. The van der Waals surface area contributed by atoms with E-state index in [1.54, 1.807) is 24.8 Å². The first-order valence-corrected chi connectivity index (χ1v) is 7.63. The second-order valence-electron chi connectivity index (χ2n) is 5.08. The molecule has 0 amide bonds. The summed E-state index contributed by atoms with van der Waals surface area (Å²) in [6, 6.07) is 0. The number of aliphatic hydroxyl groups is 1. The van der Waals surface area contributed by atoms with Gasteiger partial charge in [-0.25, -0.2) is 0 Å². The Hall–Kier alpha value is -2.14. The van der Waals surface area contributed by atoms with Crippen LogP contribution in [0, 0.1) is 6.92 Å². The van der Waals surface area contributed by atoms with E-state index in [4.69, 9.17) is 0 Å². The van der Waals surface area contributed by atoms with Gasteiger partial charge in [0.15, 0.2) is 0 Å². The van der Waals surface area contributed by atoms with Crippen LogP contribution < -0.4 is 0 Å². The van der Waals surface area contributed by atoms with Crippen molar-refractivity contribution < 1.29 is 5.11 Å². The van der Waals surface area contributed by atoms with Crippen molar-refractivity contribution in [1.29, 1.82) is 0 Å². The highest BCUT2D eigenvalue weighted by Gasteiger charge is 2.22. The lowest BCUT2D eigenvalue weighted by molar-refractivity contribution is 0.281. The number of aliphatic hydroxyl groups excluding tert-OH is 1. The molecule has 2 rings (SSSR count). The molecule has 2 heterocycles. The van der Waals surface area contributed by atoms with Crippen LogP contribution >= 0.6 is 0 Å². The van der Waals surface area contributed by atoms with Gasteiger partial charge < -0.3 is 5.11 Å². The van der Waals surface area contributed by atoms with Crippen molar-refractivity contribution in [2.24, 2.45) is 0 Å². The average Bonchev–Trinajstić information content (AvgIpc) is 2.55. The molecular formula is C17H22N4O. The maximum absolute atomic E-state index is 9.20. The predicted molar refractivity (Wildman–Crippen MR) is 86.3 cm³/mol. The first-order valence-electron chi connectivity index (χ1n) is 7.63. The summed E-state index contributed by atoms with van der Waals surface area (Å²) in [6.45, 7) is 4.19. The summed E-state index contributed by atoms with van der Waals surface area (Å²) >= 11 is 0. The molecule has 5 heteroatoms. The maximum atomic E-state index is 9.20. The van der Waals surface area contributed by atoms with E-state index in [9.17, 15) is 5.11 Å². The van der Waals surface area contributed by atoms with Crippen LogP contribution in [-0.2, 0) is 0 Å². The van der Waals surface area contributed by atoms with Crippen LogP contribution in [-0.4, -0.2) is 31.6 Å². The van der Waals surface area contributed by atoms with Gasteiger partial charge in [0.2, 0.25) is 0 Å². The van der Waals surface area contributed by atoms with Crippen molar-refractivity contribution in [3.8, 4) is 0 Å². The van der Waals surface area contributed by atoms with Crippen LogP contribution in [0.5, 0.6) is 0 Å². The molecule has 5 nitrogen and oxygen atoms in total. The lowest BCUT2D eigenvalue weighted by Crippen LogP contribution is -2.12. The molecule has 2 aromatic rings. The first-order chi connectivity index (χ1) is 10.8. The molecule has 0 saturated heterocycles. The van der Waals surface area contributed by atoms with E-state index in [0.717, 1.165) is 35.6 Å². The molecule has 0 spiro atoms. The van der Waals surface area contributed by atoms with Gasteiger partial charge in [-0.05, 0) is 32.3 Å². The highest BCUT2D eigenvalue weighted by molar-refractivity contribution is 5.49. The molecule has 0 aliphatic rings. The Bertz CT molecular complexity index is 628. The minimum absolute atomic E-state index is 0.00828. The van der Waals surface area contributed by atoms with Crippen LogP contribution in [0.3, 0.4) is 0 Å². The van der Waals surface area contributed by atoms with Crippen molar-refractivity contribution >= 4 is 6.08 Å². The zero-order valence-electron chi connectivity index (χ0n) is 13.1. The van der Waals surface area contributed by atoms with Gasteiger partial charge in [-0.3, -0.25) is 19.9 Å². The fourth-order valence-corrected chi connectivity index (χ4v) is 2.44. The van der Waals surface area contributed by atoms with Crippen molar-refractivity contribution in [1.82, 2.24) is 19.9 Å². The second kappa shape index (κ2) is 8.34. The van der Waals surface area contributed by atoms with Gasteiger partial charge in [-0.2, -0.15) is 0 Å². The Morgan fingerprint density at radius 3 is 2.41 bits per heavy atom. The second-order valence-corrected chi connectivity index (χ2v) is 5.08. The normalized spacial score (nSPS) is 12.7. The Morgan fingerprint density at radius 2 is 1.73 bits per heavy atom. The lowest BCUT2D eigenvalue weighted by Gasteiger charge is -2.18. The smallest absolute Gasteiger partial charge is 0.0848 e.